The Morgan fingerprint density at radius 3 is 2.21 bits per heavy atom. The normalized spacial score (nSPS) is 15.4. The number of hydroxylamine groups is 2. The molecule has 1 unspecified atom stereocenters. The Morgan fingerprint density at radius 1 is 1.21 bits per heavy atom. The van der Waals surface area contributed by atoms with Gasteiger partial charge in [0.1, 0.15) is 0 Å². The van der Waals surface area contributed by atoms with Crippen LogP contribution in [0.25, 0.3) is 0 Å². The summed E-state index contributed by atoms with van der Waals surface area (Å²) in [6.45, 7) is 1.68. The molecule has 1 aliphatic rings. The molecule has 6 nitrogen and oxygen atoms in total. The standard InChI is InChI=1S/C13H13NO5/c1-8(18-2)7-11(15)19-14-12(16)9-5-3-4-6-10(9)13(14)17/h3-6,8H,7H2,1-2H3. The highest BCUT2D eigenvalue weighted by molar-refractivity contribution is 6.20. The van der Waals surface area contributed by atoms with Gasteiger partial charge in [-0.05, 0) is 19.1 Å². The van der Waals surface area contributed by atoms with Crippen LogP contribution >= 0.6 is 0 Å². The van der Waals surface area contributed by atoms with Gasteiger partial charge in [-0.15, -0.1) is 0 Å². The van der Waals surface area contributed by atoms with Crippen LogP contribution in [0.3, 0.4) is 0 Å². The van der Waals surface area contributed by atoms with Gasteiger partial charge in [-0.3, -0.25) is 9.59 Å². The van der Waals surface area contributed by atoms with Crippen molar-refractivity contribution in [3.8, 4) is 0 Å². The van der Waals surface area contributed by atoms with Crippen LogP contribution in [0.5, 0.6) is 0 Å². The van der Waals surface area contributed by atoms with Crippen molar-refractivity contribution in [2.24, 2.45) is 0 Å². The first-order chi connectivity index (χ1) is 9.04. The van der Waals surface area contributed by atoms with Crippen LogP contribution in [0.1, 0.15) is 34.1 Å². The van der Waals surface area contributed by atoms with E-state index in [0.717, 1.165) is 0 Å². The van der Waals surface area contributed by atoms with Crippen molar-refractivity contribution in [1.29, 1.82) is 0 Å². The summed E-state index contributed by atoms with van der Waals surface area (Å²) in [6.07, 6.45) is -0.383. The minimum atomic E-state index is -0.691. The highest BCUT2D eigenvalue weighted by Gasteiger charge is 2.38. The van der Waals surface area contributed by atoms with E-state index in [1.54, 1.807) is 19.1 Å². The summed E-state index contributed by atoms with van der Waals surface area (Å²) in [5, 5.41) is 0.495. The Hall–Kier alpha value is -2.21. The summed E-state index contributed by atoms with van der Waals surface area (Å²) in [5.41, 5.74) is 0.472. The number of benzene rings is 1. The molecule has 1 aliphatic heterocycles. The number of ether oxygens (including phenoxy) is 1. The number of carbonyl (C=O) groups is 3. The molecule has 100 valence electrons. The van der Waals surface area contributed by atoms with E-state index in [-0.39, 0.29) is 23.7 Å². The van der Waals surface area contributed by atoms with Gasteiger partial charge in [0.05, 0.1) is 23.7 Å². The lowest BCUT2D eigenvalue weighted by Gasteiger charge is -2.14. The summed E-state index contributed by atoms with van der Waals surface area (Å²) in [4.78, 5) is 40.2. The van der Waals surface area contributed by atoms with Crippen LogP contribution in [0.4, 0.5) is 0 Å². The quantitative estimate of drug-likeness (QED) is 0.762. The highest BCUT2D eigenvalue weighted by Crippen LogP contribution is 2.22. The number of amides is 2. The Kier molecular flexibility index (Phi) is 3.62. The SMILES string of the molecule is COC(C)CC(=O)ON1C(=O)c2ccccc2C1=O. The van der Waals surface area contributed by atoms with Gasteiger partial charge in [-0.25, -0.2) is 4.79 Å². The van der Waals surface area contributed by atoms with Gasteiger partial charge in [0, 0.05) is 7.11 Å². The number of rotatable bonds is 4. The van der Waals surface area contributed by atoms with E-state index in [0.29, 0.717) is 5.06 Å². The van der Waals surface area contributed by atoms with Gasteiger partial charge in [0.15, 0.2) is 0 Å². The second-order valence-electron chi connectivity index (χ2n) is 4.16. The summed E-state index contributed by atoms with van der Waals surface area (Å²) in [6, 6.07) is 6.31. The van der Waals surface area contributed by atoms with Gasteiger partial charge >= 0.3 is 5.97 Å². The zero-order valence-electron chi connectivity index (χ0n) is 10.6. The Balaban J connectivity index is 2.10. The first-order valence-corrected chi connectivity index (χ1v) is 5.76. The lowest BCUT2D eigenvalue weighted by molar-refractivity contribution is -0.170. The Bertz CT molecular complexity index is 505. The summed E-state index contributed by atoms with van der Waals surface area (Å²) >= 11 is 0. The molecular formula is C13H13NO5. The molecule has 0 bridgehead atoms. The molecule has 6 heteroatoms. The molecule has 19 heavy (non-hydrogen) atoms. The molecule has 0 saturated carbocycles. The van der Waals surface area contributed by atoms with Crippen molar-refractivity contribution >= 4 is 17.8 Å². The molecule has 0 saturated heterocycles. The van der Waals surface area contributed by atoms with Crippen LogP contribution in [-0.2, 0) is 14.4 Å². The van der Waals surface area contributed by atoms with Crippen molar-refractivity contribution in [3.63, 3.8) is 0 Å². The number of nitrogens with zero attached hydrogens (tertiary/aromatic N) is 1. The summed E-state index contributed by atoms with van der Waals surface area (Å²) in [7, 11) is 1.46. The second-order valence-corrected chi connectivity index (χ2v) is 4.16. The van der Waals surface area contributed by atoms with E-state index in [4.69, 9.17) is 9.57 Å². The second kappa shape index (κ2) is 5.19. The lowest BCUT2D eigenvalue weighted by atomic mass is 10.1. The van der Waals surface area contributed by atoms with E-state index in [1.807, 2.05) is 0 Å². The largest absolute Gasteiger partial charge is 0.381 e. The van der Waals surface area contributed by atoms with Crippen molar-refractivity contribution in [2.45, 2.75) is 19.4 Å². The molecule has 0 radical (unpaired) electrons. The van der Waals surface area contributed by atoms with Crippen LogP contribution in [-0.4, -0.2) is 36.1 Å². The number of hydrogen-bond acceptors (Lipinski definition) is 5. The molecule has 0 aromatic heterocycles. The fraction of sp³-hybridized carbons (Fsp3) is 0.308. The van der Waals surface area contributed by atoms with Gasteiger partial charge in [0.2, 0.25) is 0 Å². The molecule has 0 fully saturated rings. The van der Waals surface area contributed by atoms with Crippen molar-refractivity contribution < 1.29 is 24.0 Å². The minimum Gasteiger partial charge on any atom is -0.381 e. The molecule has 0 N–H and O–H groups in total. The predicted octanol–water partition coefficient (Wildman–Crippen LogP) is 1.17. The molecule has 2 amide bonds. The average molecular weight is 263 g/mol. The monoisotopic (exact) mass is 263 g/mol. The van der Waals surface area contributed by atoms with Gasteiger partial charge in [0.25, 0.3) is 11.8 Å². The smallest absolute Gasteiger partial charge is 0.335 e. The topological polar surface area (TPSA) is 72.9 Å². The van der Waals surface area contributed by atoms with Crippen LogP contribution in [0.15, 0.2) is 24.3 Å². The van der Waals surface area contributed by atoms with E-state index >= 15 is 0 Å². The molecule has 0 aliphatic carbocycles. The maximum absolute atomic E-state index is 11.9. The summed E-state index contributed by atoms with van der Waals surface area (Å²) < 4.78 is 4.91. The molecule has 1 aromatic carbocycles. The van der Waals surface area contributed by atoms with Crippen molar-refractivity contribution in [2.75, 3.05) is 7.11 Å². The van der Waals surface area contributed by atoms with E-state index < -0.39 is 17.8 Å². The molecule has 1 atom stereocenters. The minimum absolute atomic E-state index is 0.0378. The Labute approximate surface area is 109 Å². The third kappa shape index (κ3) is 2.48. The molecule has 2 rings (SSSR count). The van der Waals surface area contributed by atoms with E-state index in [1.165, 1.54) is 19.2 Å². The van der Waals surface area contributed by atoms with E-state index in [2.05, 4.69) is 0 Å². The maximum Gasteiger partial charge on any atom is 0.335 e. The number of hydrogen-bond donors (Lipinski definition) is 0. The summed E-state index contributed by atoms with van der Waals surface area (Å²) in [5.74, 6) is -1.94. The zero-order valence-corrected chi connectivity index (χ0v) is 10.6. The number of fused-ring (bicyclic) bond motifs is 1. The zero-order chi connectivity index (χ0) is 14.0. The Morgan fingerprint density at radius 2 is 1.74 bits per heavy atom. The number of methoxy groups -OCH3 is 1. The fourth-order valence-corrected chi connectivity index (χ4v) is 1.71. The van der Waals surface area contributed by atoms with Crippen molar-refractivity contribution in [1.82, 2.24) is 5.06 Å². The third-order valence-electron chi connectivity index (χ3n) is 2.81. The highest BCUT2D eigenvalue weighted by atomic mass is 16.7. The van der Waals surface area contributed by atoms with Crippen LogP contribution in [0.2, 0.25) is 0 Å². The van der Waals surface area contributed by atoms with E-state index in [9.17, 15) is 14.4 Å². The van der Waals surface area contributed by atoms with Crippen molar-refractivity contribution in [3.05, 3.63) is 35.4 Å². The average Bonchev–Trinajstić information content (AvgIpc) is 2.64. The number of carbonyl (C=O) groups excluding carboxylic acids is 3. The molecule has 0 spiro atoms. The van der Waals surface area contributed by atoms with Crippen LogP contribution in [0, 0.1) is 0 Å². The first-order valence-electron chi connectivity index (χ1n) is 5.76. The predicted molar refractivity (Wildman–Crippen MR) is 64.1 cm³/mol. The third-order valence-corrected chi connectivity index (χ3v) is 2.81. The van der Waals surface area contributed by atoms with Gasteiger partial charge < -0.3 is 9.57 Å². The molecule has 1 heterocycles. The fourth-order valence-electron chi connectivity index (χ4n) is 1.71. The van der Waals surface area contributed by atoms with Gasteiger partial charge in [-0.1, -0.05) is 17.2 Å². The first kappa shape index (κ1) is 13.2. The molecule has 1 aromatic rings. The molecular weight excluding hydrogens is 250 g/mol. The number of imide groups is 1. The van der Waals surface area contributed by atoms with Crippen LogP contribution < -0.4 is 0 Å². The van der Waals surface area contributed by atoms with Gasteiger partial charge in [-0.2, -0.15) is 0 Å². The lowest BCUT2D eigenvalue weighted by Crippen LogP contribution is -2.33. The maximum atomic E-state index is 11.9.